The van der Waals surface area contributed by atoms with Crippen molar-refractivity contribution in [1.29, 1.82) is 0 Å². The van der Waals surface area contributed by atoms with Gasteiger partial charge < -0.3 is 0 Å². The van der Waals surface area contributed by atoms with Crippen molar-refractivity contribution < 1.29 is 0 Å². The van der Waals surface area contributed by atoms with E-state index in [-0.39, 0.29) is 0 Å². The second kappa shape index (κ2) is 8.89. The van der Waals surface area contributed by atoms with Gasteiger partial charge in [0.1, 0.15) is 0 Å². The largest absolute Gasteiger partial charge is 0.0840 e. The van der Waals surface area contributed by atoms with Crippen LogP contribution in [0.3, 0.4) is 0 Å². The molecule has 0 aliphatic carbocycles. The fourth-order valence-electron chi connectivity index (χ4n) is 2.65. The average molecular weight is 301 g/mol. The minimum absolute atomic E-state index is 0.930. The summed E-state index contributed by atoms with van der Waals surface area (Å²) in [5, 5.41) is 0.930. The SMILES string of the molecule is CCCCCCCc1ccc(Cc2ccccc2)cc1Cl. The second-order valence-electron chi connectivity index (χ2n) is 5.75. The van der Waals surface area contributed by atoms with Gasteiger partial charge in [-0.1, -0.05) is 86.7 Å². The van der Waals surface area contributed by atoms with Crippen LogP contribution in [0.5, 0.6) is 0 Å². The standard InChI is InChI=1S/C20H25Cl/c1-2-3-4-5-9-12-19-14-13-18(16-20(19)21)15-17-10-7-6-8-11-17/h6-8,10-11,13-14,16H,2-5,9,12,15H2,1H3. The van der Waals surface area contributed by atoms with Gasteiger partial charge >= 0.3 is 0 Å². The molecule has 0 amide bonds. The second-order valence-corrected chi connectivity index (χ2v) is 6.16. The summed E-state index contributed by atoms with van der Waals surface area (Å²) in [6, 6.07) is 17.1. The highest BCUT2D eigenvalue weighted by atomic mass is 35.5. The van der Waals surface area contributed by atoms with E-state index in [0.29, 0.717) is 0 Å². The highest BCUT2D eigenvalue weighted by Crippen LogP contribution is 2.22. The van der Waals surface area contributed by atoms with Crippen LogP contribution in [0.15, 0.2) is 48.5 Å². The molecule has 2 rings (SSSR count). The molecule has 112 valence electrons. The molecule has 0 N–H and O–H groups in total. The number of aryl methyl sites for hydroxylation is 1. The molecule has 0 radical (unpaired) electrons. The van der Waals surface area contributed by atoms with Gasteiger partial charge in [-0.15, -0.1) is 0 Å². The molecule has 2 aromatic carbocycles. The summed E-state index contributed by atoms with van der Waals surface area (Å²) in [6.07, 6.45) is 8.62. The number of halogens is 1. The molecule has 0 saturated heterocycles. The predicted octanol–water partition coefficient (Wildman–Crippen LogP) is 6.44. The van der Waals surface area contributed by atoms with Gasteiger partial charge in [0.25, 0.3) is 0 Å². The minimum Gasteiger partial charge on any atom is -0.0840 e. The summed E-state index contributed by atoms with van der Waals surface area (Å²) in [6.45, 7) is 2.25. The van der Waals surface area contributed by atoms with E-state index < -0.39 is 0 Å². The van der Waals surface area contributed by atoms with Gasteiger partial charge in [-0.25, -0.2) is 0 Å². The van der Waals surface area contributed by atoms with Gasteiger partial charge in [0, 0.05) is 5.02 Å². The molecule has 0 fully saturated rings. The first kappa shape index (κ1) is 16.1. The molecule has 0 saturated carbocycles. The Morgan fingerprint density at radius 2 is 1.57 bits per heavy atom. The highest BCUT2D eigenvalue weighted by molar-refractivity contribution is 6.31. The predicted molar refractivity (Wildman–Crippen MR) is 93.2 cm³/mol. The van der Waals surface area contributed by atoms with Crippen LogP contribution in [0.4, 0.5) is 0 Å². The van der Waals surface area contributed by atoms with Gasteiger partial charge in [-0.2, -0.15) is 0 Å². The Bertz CT molecular complexity index is 531. The first-order valence-corrected chi connectivity index (χ1v) is 8.48. The Labute approximate surface area is 134 Å². The van der Waals surface area contributed by atoms with Gasteiger partial charge in [0.05, 0.1) is 0 Å². The van der Waals surface area contributed by atoms with Gasteiger partial charge in [0.2, 0.25) is 0 Å². The van der Waals surface area contributed by atoms with Crippen LogP contribution >= 0.6 is 11.6 Å². The van der Waals surface area contributed by atoms with Crippen LogP contribution < -0.4 is 0 Å². The van der Waals surface area contributed by atoms with Crippen LogP contribution in [0.2, 0.25) is 5.02 Å². The third-order valence-corrected chi connectivity index (χ3v) is 4.27. The van der Waals surface area contributed by atoms with E-state index >= 15 is 0 Å². The molecule has 0 bridgehead atoms. The summed E-state index contributed by atoms with van der Waals surface area (Å²) >= 11 is 6.44. The van der Waals surface area contributed by atoms with Crippen LogP contribution in [0, 0.1) is 0 Å². The van der Waals surface area contributed by atoms with Crippen molar-refractivity contribution in [2.45, 2.75) is 51.9 Å². The number of benzene rings is 2. The lowest BCUT2D eigenvalue weighted by Gasteiger charge is -2.08. The van der Waals surface area contributed by atoms with E-state index in [1.54, 1.807) is 0 Å². The van der Waals surface area contributed by atoms with Crippen LogP contribution in [0.25, 0.3) is 0 Å². The Kier molecular flexibility index (Phi) is 6.82. The zero-order valence-electron chi connectivity index (χ0n) is 12.9. The molecule has 21 heavy (non-hydrogen) atoms. The molecular weight excluding hydrogens is 276 g/mol. The molecule has 0 atom stereocenters. The van der Waals surface area contributed by atoms with Crippen molar-refractivity contribution in [3.63, 3.8) is 0 Å². The highest BCUT2D eigenvalue weighted by Gasteiger charge is 2.03. The zero-order valence-corrected chi connectivity index (χ0v) is 13.7. The van der Waals surface area contributed by atoms with Crippen molar-refractivity contribution >= 4 is 11.6 Å². The Balaban J connectivity index is 1.88. The quantitative estimate of drug-likeness (QED) is 0.492. The smallest absolute Gasteiger partial charge is 0.0440 e. The maximum atomic E-state index is 6.44. The first-order chi connectivity index (χ1) is 10.3. The van der Waals surface area contributed by atoms with E-state index in [1.165, 1.54) is 48.8 Å². The van der Waals surface area contributed by atoms with Crippen LogP contribution in [-0.2, 0) is 12.8 Å². The summed E-state index contributed by atoms with van der Waals surface area (Å²) in [7, 11) is 0. The number of hydrogen-bond acceptors (Lipinski definition) is 0. The monoisotopic (exact) mass is 300 g/mol. The van der Waals surface area contributed by atoms with Crippen molar-refractivity contribution in [3.05, 3.63) is 70.2 Å². The fraction of sp³-hybridized carbons (Fsp3) is 0.400. The third-order valence-electron chi connectivity index (χ3n) is 3.92. The van der Waals surface area contributed by atoms with Crippen molar-refractivity contribution in [1.82, 2.24) is 0 Å². The number of unbranched alkanes of at least 4 members (excludes halogenated alkanes) is 4. The fourth-order valence-corrected chi connectivity index (χ4v) is 2.95. The lowest BCUT2D eigenvalue weighted by atomic mass is 10.0. The van der Waals surface area contributed by atoms with Crippen molar-refractivity contribution in [2.75, 3.05) is 0 Å². The molecule has 0 unspecified atom stereocenters. The molecule has 0 spiro atoms. The van der Waals surface area contributed by atoms with Crippen LogP contribution in [-0.4, -0.2) is 0 Å². The summed E-state index contributed by atoms with van der Waals surface area (Å²) in [4.78, 5) is 0. The molecule has 0 aliphatic heterocycles. The summed E-state index contributed by atoms with van der Waals surface area (Å²) < 4.78 is 0. The minimum atomic E-state index is 0.930. The third kappa shape index (κ3) is 5.55. The molecule has 0 heterocycles. The van der Waals surface area contributed by atoms with Crippen molar-refractivity contribution in [2.24, 2.45) is 0 Å². The van der Waals surface area contributed by atoms with E-state index in [1.807, 2.05) is 0 Å². The number of hydrogen-bond donors (Lipinski definition) is 0. The van der Waals surface area contributed by atoms with Gasteiger partial charge in [0.15, 0.2) is 0 Å². The van der Waals surface area contributed by atoms with E-state index in [2.05, 4.69) is 55.5 Å². The maximum Gasteiger partial charge on any atom is 0.0440 e. The lowest BCUT2D eigenvalue weighted by molar-refractivity contribution is 0.632. The summed E-state index contributed by atoms with van der Waals surface area (Å²) in [5.41, 5.74) is 3.92. The zero-order chi connectivity index (χ0) is 14.9. The number of rotatable bonds is 8. The Morgan fingerprint density at radius 1 is 0.810 bits per heavy atom. The lowest BCUT2D eigenvalue weighted by Crippen LogP contribution is -1.92. The normalized spacial score (nSPS) is 10.8. The van der Waals surface area contributed by atoms with E-state index in [4.69, 9.17) is 11.6 Å². The maximum absolute atomic E-state index is 6.44. The molecule has 2 aromatic rings. The molecule has 0 aromatic heterocycles. The Hall–Kier alpha value is -1.27. The van der Waals surface area contributed by atoms with Gasteiger partial charge in [-0.3, -0.25) is 0 Å². The van der Waals surface area contributed by atoms with Crippen LogP contribution in [0.1, 0.15) is 55.7 Å². The summed E-state index contributed by atoms with van der Waals surface area (Å²) in [5.74, 6) is 0. The topological polar surface area (TPSA) is 0 Å². The molecule has 0 aliphatic rings. The van der Waals surface area contributed by atoms with Crippen molar-refractivity contribution in [3.8, 4) is 0 Å². The van der Waals surface area contributed by atoms with E-state index in [9.17, 15) is 0 Å². The van der Waals surface area contributed by atoms with E-state index in [0.717, 1.165) is 17.9 Å². The average Bonchev–Trinajstić information content (AvgIpc) is 2.50. The molecule has 1 heteroatoms. The molecular formula is C20H25Cl. The first-order valence-electron chi connectivity index (χ1n) is 8.11. The van der Waals surface area contributed by atoms with Gasteiger partial charge in [-0.05, 0) is 42.0 Å². The Morgan fingerprint density at radius 3 is 2.29 bits per heavy atom. The molecule has 0 nitrogen and oxygen atoms in total.